The first-order valence-corrected chi connectivity index (χ1v) is 6.90. The molecule has 4 nitrogen and oxygen atoms in total. The maximum Gasteiger partial charge on any atom is 0.103 e. The molecule has 0 bridgehead atoms. The number of pyridine rings is 1. The number of rotatable bonds is 4. The van der Waals surface area contributed by atoms with Gasteiger partial charge in [-0.2, -0.15) is 5.26 Å². The molecule has 0 radical (unpaired) electrons. The zero-order valence-electron chi connectivity index (χ0n) is 11.8. The summed E-state index contributed by atoms with van der Waals surface area (Å²) in [6.45, 7) is 9.08. The van der Waals surface area contributed by atoms with Gasteiger partial charge in [0.05, 0.1) is 6.07 Å². The summed E-state index contributed by atoms with van der Waals surface area (Å²) in [6, 6.07) is 8.45. The van der Waals surface area contributed by atoms with Gasteiger partial charge in [-0.05, 0) is 26.0 Å². The van der Waals surface area contributed by atoms with Crippen molar-refractivity contribution in [3.05, 3.63) is 30.1 Å². The Kier molecular flexibility index (Phi) is 4.52. The summed E-state index contributed by atoms with van der Waals surface area (Å²) in [5.41, 5.74) is 0.815. The molecule has 0 saturated carbocycles. The van der Waals surface area contributed by atoms with E-state index in [1.54, 1.807) is 0 Å². The largest absolute Gasteiger partial charge is 0.300 e. The standard InChI is InChI=1S/C15H22N4/c1-15(2,13-16)19-11-9-18(10-12-19)8-6-14-5-3-4-7-17-14/h3-5,7H,6,8-12H2,1-2H3. The molecule has 4 heteroatoms. The third-order valence-corrected chi connectivity index (χ3v) is 3.85. The highest BCUT2D eigenvalue weighted by Crippen LogP contribution is 2.15. The molecule has 1 aliphatic rings. The van der Waals surface area contributed by atoms with Crippen molar-refractivity contribution < 1.29 is 0 Å². The van der Waals surface area contributed by atoms with Gasteiger partial charge in [0.2, 0.25) is 0 Å². The maximum absolute atomic E-state index is 9.15. The molecule has 0 spiro atoms. The number of nitrogens with zero attached hydrogens (tertiary/aromatic N) is 4. The molecular weight excluding hydrogens is 236 g/mol. The number of nitriles is 1. The van der Waals surface area contributed by atoms with Gasteiger partial charge in [0.15, 0.2) is 0 Å². The Morgan fingerprint density at radius 2 is 2.00 bits per heavy atom. The van der Waals surface area contributed by atoms with Crippen molar-refractivity contribution in [3.8, 4) is 6.07 Å². The minimum absolute atomic E-state index is 0.340. The van der Waals surface area contributed by atoms with E-state index in [1.165, 1.54) is 0 Å². The van der Waals surface area contributed by atoms with Gasteiger partial charge in [-0.1, -0.05) is 6.07 Å². The van der Waals surface area contributed by atoms with Crippen molar-refractivity contribution in [2.24, 2.45) is 0 Å². The monoisotopic (exact) mass is 258 g/mol. The molecule has 0 aliphatic carbocycles. The Morgan fingerprint density at radius 1 is 1.26 bits per heavy atom. The van der Waals surface area contributed by atoms with Gasteiger partial charge in [0.1, 0.15) is 5.54 Å². The van der Waals surface area contributed by atoms with Gasteiger partial charge < -0.3 is 4.90 Å². The second kappa shape index (κ2) is 6.14. The number of hydrogen-bond acceptors (Lipinski definition) is 4. The molecule has 0 unspecified atom stereocenters. The third kappa shape index (κ3) is 3.76. The highest BCUT2D eigenvalue weighted by atomic mass is 15.3. The third-order valence-electron chi connectivity index (χ3n) is 3.85. The first-order chi connectivity index (χ1) is 9.12. The topological polar surface area (TPSA) is 43.2 Å². The van der Waals surface area contributed by atoms with Crippen LogP contribution in [0.2, 0.25) is 0 Å². The van der Waals surface area contributed by atoms with Crippen LogP contribution in [0.3, 0.4) is 0 Å². The van der Waals surface area contributed by atoms with Crippen molar-refractivity contribution in [2.45, 2.75) is 25.8 Å². The summed E-state index contributed by atoms with van der Waals surface area (Å²) < 4.78 is 0. The molecule has 102 valence electrons. The minimum Gasteiger partial charge on any atom is -0.300 e. The van der Waals surface area contributed by atoms with Gasteiger partial charge in [-0.25, -0.2) is 0 Å². The number of aromatic nitrogens is 1. The summed E-state index contributed by atoms with van der Waals surface area (Å²) in [5, 5.41) is 9.15. The van der Waals surface area contributed by atoms with Crippen LogP contribution in [0, 0.1) is 11.3 Å². The fraction of sp³-hybridized carbons (Fsp3) is 0.600. The smallest absolute Gasteiger partial charge is 0.103 e. The summed E-state index contributed by atoms with van der Waals surface area (Å²) in [6.07, 6.45) is 2.85. The summed E-state index contributed by atoms with van der Waals surface area (Å²) in [5.74, 6) is 0. The van der Waals surface area contributed by atoms with Gasteiger partial charge in [-0.3, -0.25) is 9.88 Å². The second-order valence-electron chi connectivity index (χ2n) is 5.57. The molecule has 0 amide bonds. The first kappa shape index (κ1) is 14.0. The number of piperazine rings is 1. The summed E-state index contributed by atoms with van der Waals surface area (Å²) in [7, 11) is 0. The molecule has 0 aromatic carbocycles. The lowest BCUT2D eigenvalue weighted by Crippen LogP contribution is -2.54. The maximum atomic E-state index is 9.15. The Morgan fingerprint density at radius 3 is 2.58 bits per heavy atom. The number of hydrogen-bond donors (Lipinski definition) is 0. The van der Waals surface area contributed by atoms with Crippen molar-refractivity contribution in [2.75, 3.05) is 32.7 Å². The van der Waals surface area contributed by atoms with Gasteiger partial charge in [0, 0.05) is 51.0 Å². The summed E-state index contributed by atoms with van der Waals surface area (Å²) in [4.78, 5) is 9.08. The van der Waals surface area contributed by atoms with E-state index in [0.717, 1.165) is 44.8 Å². The van der Waals surface area contributed by atoms with E-state index < -0.39 is 0 Å². The molecule has 0 atom stereocenters. The Balaban J connectivity index is 1.77. The quantitative estimate of drug-likeness (QED) is 0.822. The van der Waals surface area contributed by atoms with Gasteiger partial charge in [0.25, 0.3) is 0 Å². The van der Waals surface area contributed by atoms with Crippen molar-refractivity contribution in [1.29, 1.82) is 5.26 Å². The molecule has 1 saturated heterocycles. The highest BCUT2D eigenvalue weighted by Gasteiger charge is 2.29. The molecule has 1 aromatic rings. The molecular formula is C15H22N4. The molecule has 1 aliphatic heterocycles. The molecule has 1 aromatic heterocycles. The van der Waals surface area contributed by atoms with E-state index in [0.29, 0.717) is 0 Å². The van der Waals surface area contributed by atoms with E-state index in [1.807, 2.05) is 32.2 Å². The molecule has 1 fully saturated rings. The normalized spacial score (nSPS) is 18.2. The lowest BCUT2D eigenvalue weighted by atomic mass is 10.0. The van der Waals surface area contributed by atoms with Crippen LogP contribution in [0.1, 0.15) is 19.5 Å². The lowest BCUT2D eigenvalue weighted by Gasteiger charge is -2.40. The first-order valence-electron chi connectivity index (χ1n) is 6.90. The lowest BCUT2D eigenvalue weighted by molar-refractivity contribution is 0.0806. The summed E-state index contributed by atoms with van der Waals surface area (Å²) >= 11 is 0. The van der Waals surface area contributed by atoms with Crippen molar-refractivity contribution >= 4 is 0 Å². The Hall–Kier alpha value is -1.44. The van der Waals surface area contributed by atoms with E-state index in [-0.39, 0.29) is 5.54 Å². The Bertz CT molecular complexity index is 427. The molecule has 19 heavy (non-hydrogen) atoms. The van der Waals surface area contributed by atoms with E-state index in [2.05, 4.69) is 26.9 Å². The van der Waals surface area contributed by atoms with Crippen molar-refractivity contribution in [1.82, 2.24) is 14.8 Å². The van der Waals surface area contributed by atoms with E-state index in [9.17, 15) is 0 Å². The molecule has 2 rings (SSSR count). The molecule has 0 N–H and O–H groups in total. The Labute approximate surface area is 115 Å². The average molecular weight is 258 g/mol. The van der Waals surface area contributed by atoms with E-state index in [4.69, 9.17) is 5.26 Å². The van der Waals surface area contributed by atoms with Crippen LogP contribution < -0.4 is 0 Å². The average Bonchev–Trinajstić information content (AvgIpc) is 2.47. The van der Waals surface area contributed by atoms with Gasteiger partial charge in [-0.15, -0.1) is 0 Å². The van der Waals surface area contributed by atoms with Crippen LogP contribution in [0.5, 0.6) is 0 Å². The predicted octanol–water partition coefficient (Wildman–Crippen LogP) is 1.54. The SMILES string of the molecule is CC(C)(C#N)N1CCN(CCc2ccccn2)CC1. The highest BCUT2D eigenvalue weighted by molar-refractivity contribution is 5.05. The van der Waals surface area contributed by atoms with Crippen LogP contribution in [-0.2, 0) is 6.42 Å². The zero-order chi connectivity index (χ0) is 13.7. The van der Waals surface area contributed by atoms with Crippen molar-refractivity contribution in [3.63, 3.8) is 0 Å². The van der Waals surface area contributed by atoms with Crippen LogP contribution in [-0.4, -0.2) is 53.0 Å². The fourth-order valence-electron chi connectivity index (χ4n) is 2.42. The molecule has 2 heterocycles. The minimum atomic E-state index is -0.340. The van der Waals surface area contributed by atoms with Gasteiger partial charge >= 0.3 is 0 Å². The zero-order valence-corrected chi connectivity index (χ0v) is 11.8. The van der Waals surface area contributed by atoms with Crippen LogP contribution in [0.15, 0.2) is 24.4 Å². The van der Waals surface area contributed by atoms with Crippen LogP contribution in [0.4, 0.5) is 0 Å². The van der Waals surface area contributed by atoms with Crippen LogP contribution in [0.25, 0.3) is 0 Å². The second-order valence-corrected chi connectivity index (χ2v) is 5.57. The fourth-order valence-corrected chi connectivity index (χ4v) is 2.42. The van der Waals surface area contributed by atoms with Crippen LogP contribution >= 0.6 is 0 Å². The van der Waals surface area contributed by atoms with E-state index >= 15 is 0 Å². The predicted molar refractivity (Wildman–Crippen MR) is 75.6 cm³/mol.